The Morgan fingerprint density at radius 2 is 1.57 bits per heavy atom. The molecule has 2 aliphatic heterocycles. The third-order valence-electron chi connectivity index (χ3n) is 5.63. The van der Waals surface area contributed by atoms with Crippen molar-refractivity contribution < 1.29 is 4.74 Å². The maximum absolute atomic E-state index is 5.45. The molecule has 0 atom stereocenters. The summed E-state index contributed by atoms with van der Waals surface area (Å²) in [4.78, 5) is 21.0. The van der Waals surface area contributed by atoms with Gasteiger partial charge >= 0.3 is 0 Å². The molecule has 0 aliphatic carbocycles. The molecular weight excluding hydrogens is 396 g/mol. The number of ether oxygens (including phenoxy) is 1. The lowest BCUT2D eigenvalue weighted by Gasteiger charge is -2.35. The Bertz CT molecular complexity index is 951. The fraction of sp³-hybridized carbons (Fsp3) is 0.409. The van der Waals surface area contributed by atoms with Crippen LogP contribution < -0.4 is 9.80 Å². The van der Waals surface area contributed by atoms with E-state index in [1.54, 1.807) is 17.7 Å². The van der Waals surface area contributed by atoms with E-state index in [1.807, 2.05) is 6.07 Å². The Labute approximate surface area is 181 Å². The molecule has 1 aromatic carbocycles. The van der Waals surface area contributed by atoms with Crippen molar-refractivity contribution in [2.45, 2.75) is 6.54 Å². The zero-order chi connectivity index (χ0) is 20.2. The van der Waals surface area contributed by atoms with Crippen LogP contribution in [0.1, 0.15) is 5.69 Å². The average molecular weight is 423 g/mol. The number of rotatable bonds is 5. The fourth-order valence-corrected chi connectivity index (χ4v) is 4.75. The van der Waals surface area contributed by atoms with Gasteiger partial charge in [0.25, 0.3) is 0 Å². The molecule has 2 fully saturated rings. The highest BCUT2D eigenvalue weighted by atomic mass is 32.1. The van der Waals surface area contributed by atoms with E-state index in [4.69, 9.17) is 9.72 Å². The van der Waals surface area contributed by atoms with Gasteiger partial charge < -0.3 is 14.5 Å². The van der Waals surface area contributed by atoms with Gasteiger partial charge in [0.05, 0.1) is 18.9 Å². The summed E-state index contributed by atoms with van der Waals surface area (Å²) < 4.78 is 5.45. The van der Waals surface area contributed by atoms with Crippen LogP contribution in [0.2, 0.25) is 0 Å². The zero-order valence-electron chi connectivity index (χ0n) is 17.0. The largest absolute Gasteiger partial charge is 0.378 e. The van der Waals surface area contributed by atoms with Crippen molar-refractivity contribution in [1.82, 2.24) is 19.9 Å². The Balaban J connectivity index is 1.17. The van der Waals surface area contributed by atoms with Gasteiger partial charge in [-0.15, -0.1) is 11.3 Å². The maximum atomic E-state index is 5.45. The van der Waals surface area contributed by atoms with Gasteiger partial charge in [0.2, 0.25) is 0 Å². The van der Waals surface area contributed by atoms with Crippen LogP contribution in [0.5, 0.6) is 0 Å². The lowest BCUT2D eigenvalue weighted by molar-refractivity contribution is 0.122. The molecule has 30 heavy (non-hydrogen) atoms. The van der Waals surface area contributed by atoms with E-state index in [-0.39, 0.29) is 0 Å². The summed E-state index contributed by atoms with van der Waals surface area (Å²) in [7, 11) is 0. The van der Waals surface area contributed by atoms with E-state index in [9.17, 15) is 0 Å². The molecule has 7 nitrogen and oxygen atoms in total. The molecule has 0 radical (unpaired) electrons. The van der Waals surface area contributed by atoms with Crippen LogP contribution in [-0.4, -0.2) is 72.3 Å². The Morgan fingerprint density at radius 3 is 2.30 bits per heavy atom. The van der Waals surface area contributed by atoms with Gasteiger partial charge in [-0.1, -0.05) is 30.3 Å². The molecule has 0 spiro atoms. The minimum absolute atomic E-state index is 0.764. The Kier molecular flexibility index (Phi) is 5.87. The van der Waals surface area contributed by atoms with Gasteiger partial charge in [0.1, 0.15) is 23.0 Å². The summed E-state index contributed by atoms with van der Waals surface area (Å²) in [6.45, 7) is 8.17. The number of hydrogen-bond donors (Lipinski definition) is 0. The van der Waals surface area contributed by atoms with E-state index >= 15 is 0 Å². The molecule has 0 unspecified atom stereocenters. The summed E-state index contributed by atoms with van der Waals surface area (Å²) in [5.74, 6) is 2.02. The molecule has 2 aliphatic rings. The average Bonchev–Trinajstić information content (AvgIpc) is 3.29. The molecule has 156 valence electrons. The molecule has 4 heterocycles. The summed E-state index contributed by atoms with van der Waals surface area (Å²) in [6, 6.07) is 12.5. The highest BCUT2D eigenvalue weighted by Crippen LogP contribution is 2.25. The minimum atomic E-state index is 0.764. The molecule has 0 amide bonds. The first-order chi connectivity index (χ1) is 14.8. The van der Waals surface area contributed by atoms with Crippen LogP contribution in [0, 0.1) is 0 Å². The maximum Gasteiger partial charge on any atom is 0.134 e. The third-order valence-corrected chi connectivity index (χ3v) is 6.57. The van der Waals surface area contributed by atoms with Gasteiger partial charge in [-0.25, -0.2) is 15.0 Å². The fourth-order valence-electron chi connectivity index (χ4n) is 3.93. The van der Waals surface area contributed by atoms with E-state index < -0.39 is 0 Å². The van der Waals surface area contributed by atoms with Gasteiger partial charge in [0.15, 0.2) is 0 Å². The number of anilines is 2. The van der Waals surface area contributed by atoms with Crippen molar-refractivity contribution in [3.05, 3.63) is 53.8 Å². The van der Waals surface area contributed by atoms with Crippen LogP contribution >= 0.6 is 11.3 Å². The Hall–Kier alpha value is -2.55. The number of morpholine rings is 1. The molecule has 0 N–H and O–H groups in total. The highest BCUT2D eigenvalue weighted by Gasteiger charge is 2.21. The molecule has 8 heteroatoms. The highest BCUT2D eigenvalue weighted by molar-refractivity contribution is 7.13. The van der Waals surface area contributed by atoms with E-state index in [1.165, 1.54) is 5.56 Å². The topological polar surface area (TPSA) is 57.6 Å². The Morgan fingerprint density at radius 1 is 0.867 bits per heavy atom. The smallest absolute Gasteiger partial charge is 0.134 e. The summed E-state index contributed by atoms with van der Waals surface area (Å²) >= 11 is 1.73. The second-order valence-corrected chi connectivity index (χ2v) is 8.47. The van der Waals surface area contributed by atoms with Crippen LogP contribution in [0.25, 0.3) is 10.6 Å². The third kappa shape index (κ3) is 4.45. The second kappa shape index (κ2) is 9.07. The lowest BCUT2D eigenvalue weighted by Crippen LogP contribution is -2.46. The van der Waals surface area contributed by atoms with E-state index in [0.29, 0.717) is 0 Å². The molecule has 2 saturated heterocycles. The van der Waals surface area contributed by atoms with Crippen molar-refractivity contribution in [3.63, 3.8) is 0 Å². The molecule has 0 bridgehead atoms. The summed E-state index contributed by atoms with van der Waals surface area (Å²) in [5, 5.41) is 3.29. The minimum Gasteiger partial charge on any atom is -0.378 e. The van der Waals surface area contributed by atoms with E-state index in [0.717, 1.165) is 81.4 Å². The molecule has 3 aromatic rings. The van der Waals surface area contributed by atoms with E-state index in [2.05, 4.69) is 60.4 Å². The van der Waals surface area contributed by atoms with Gasteiger partial charge in [-0.3, -0.25) is 4.90 Å². The summed E-state index contributed by atoms with van der Waals surface area (Å²) in [5.41, 5.74) is 2.35. The number of benzene rings is 1. The second-order valence-electron chi connectivity index (χ2n) is 7.61. The number of aromatic nitrogens is 3. The van der Waals surface area contributed by atoms with Crippen molar-refractivity contribution in [2.75, 3.05) is 62.3 Å². The van der Waals surface area contributed by atoms with Crippen LogP contribution in [0.15, 0.2) is 48.1 Å². The first-order valence-corrected chi connectivity index (χ1v) is 11.3. The first kappa shape index (κ1) is 19.4. The number of nitrogens with zero attached hydrogens (tertiary/aromatic N) is 6. The summed E-state index contributed by atoms with van der Waals surface area (Å²) in [6.07, 6.45) is 1.69. The van der Waals surface area contributed by atoms with Gasteiger partial charge in [-0.2, -0.15) is 0 Å². The number of piperazine rings is 1. The molecular formula is C22H26N6OS. The van der Waals surface area contributed by atoms with Crippen LogP contribution in [0.3, 0.4) is 0 Å². The van der Waals surface area contributed by atoms with Crippen LogP contribution in [0.4, 0.5) is 11.6 Å². The first-order valence-electron chi connectivity index (χ1n) is 10.5. The quantitative estimate of drug-likeness (QED) is 0.627. The van der Waals surface area contributed by atoms with Crippen molar-refractivity contribution in [3.8, 4) is 10.6 Å². The zero-order valence-corrected chi connectivity index (χ0v) is 17.8. The molecule has 0 saturated carbocycles. The normalized spacial score (nSPS) is 18.0. The number of hydrogen-bond acceptors (Lipinski definition) is 8. The monoisotopic (exact) mass is 422 g/mol. The van der Waals surface area contributed by atoms with Crippen molar-refractivity contribution in [2.24, 2.45) is 0 Å². The van der Waals surface area contributed by atoms with Crippen molar-refractivity contribution in [1.29, 1.82) is 0 Å². The number of thiazole rings is 1. The predicted molar refractivity (Wildman–Crippen MR) is 120 cm³/mol. The molecule has 5 rings (SSSR count). The van der Waals surface area contributed by atoms with Gasteiger partial charge in [0, 0.05) is 62.8 Å². The SMILES string of the molecule is c1ccc(-c2nc(CN3CCN(c4cc(N5CCOCC5)ncn4)CC3)cs2)cc1. The van der Waals surface area contributed by atoms with Gasteiger partial charge in [-0.05, 0) is 0 Å². The lowest BCUT2D eigenvalue weighted by atomic mass is 10.2. The standard InChI is InChI=1S/C22H26N6OS/c1-2-4-18(5-3-1)22-25-19(16-30-22)15-26-6-8-27(9-7-26)20-14-21(24-17-23-20)28-10-12-29-13-11-28/h1-5,14,16-17H,6-13,15H2. The molecule has 2 aromatic heterocycles. The van der Waals surface area contributed by atoms with Crippen molar-refractivity contribution >= 4 is 23.0 Å². The predicted octanol–water partition coefficient (Wildman–Crippen LogP) is 2.76. The van der Waals surface area contributed by atoms with Crippen LogP contribution in [-0.2, 0) is 11.3 Å².